The van der Waals surface area contributed by atoms with E-state index >= 15 is 0 Å². The molecular formula is C17H17N3O4. The van der Waals surface area contributed by atoms with Gasteiger partial charge in [0.1, 0.15) is 17.5 Å². The lowest BCUT2D eigenvalue weighted by Gasteiger charge is -2.41. The molecule has 0 aliphatic carbocycles. The number of rotatable bonds is 2. The fourth-order valence-electron chi connectivity index (χ4n) is 2.61. The van der Waals surface area contributed by atoms with E-state index in [1.807, 2.05) is 0 Å². The fraction of sp³-hybridized carbons (Fsp3) is 0.353. The van der Waals surface area contributed by atoms with Gasteiger partial charge in [-0.05, 0) is 32.0 Å². The summed E-state index contributed by atoms with van der Waals surface area (Å²) >= 11 is 0. The molecule has 0 unspecified atom stereocenters. The summed E-state index contributed by atoms with van der Waals surface area (Å²) in [5.74, 6) is 0.742. The van der Waals surface area contributed by atoms with Gasteiger partial charge >= 0.3 is 0 Å². The van der Waals surface area contributed by atoms with Crippen molar-refractivity contribution in [1.82, 2.24) is 9.78 Å². The number of aryl methyl sites for hydroxylation is 1. The second-order valence-electron chi connectivity index (χ2n) is 6.19. The van der Waals surface area contributed by atoms with Gasteiger partial charge in [0.15, 0.2) is 6.10 Å². The van der Waals surface area contributed by atoms with Gasteiger partial charge in [0.05, 0.1) is 11.6 Å². The van der Waals surface area contributed by atoms with Crippen LogP contribution < -0.4 is 15.0 Å². The Labute approximate surface area is 138 Å². The minimum atomic E-state index is -0.988. The number of aromatic nitrogens is 2. The predicted molar refractivity (Wildman–Crippen MR) is 84.7 cm³/mol. The lowest BCUT2D eigenvalue weighted by molar-refractivity contribution is -0.104. The first-order valence-corrected chi connectivity index (χ1v) is 7.44. The Balaban J connectivity index is 2.06. The van der Waals surface area contributed by atoms with Gasteiger partial charge in [0.25, 0.3) is 5.56 Å². The monoisotopic (exact) mass is 327 g/mol. The average Bonchev–Trinajstić information content (AvgIpc) is 2.54. The molecule has 2 heterocycles. The van der Waals surface area contributed by atoms with E-state index in [1.54, 1.807) is 32.0 Å². The highest BCUT2D eigenvalue weighted by molar-refractivity contribution is 5.46. The van der Waals surface area contributed by atoms with Crippen LogP contribution in [-0.2, 0) is 7.05 Å². The van der Waals surface area contributed by atoms with Crippen molar-refractivity contribution < 1.29 is 14.6 Å². The first-order chi connectivity index (χ1) is 11.3. The normalized spacial score (nSPS) is 21.3. The van der Waals surface area contributed by atoms with Crippen LogP contribution in [0.1, 0.15) is 31.1 Å². The van der Waals surface area contributed by atoms with Crippen molar-refractivity contribution >= 4 is 0 Å². The fourth-order valence-corrected chi connectivity index (χ4v) is 2.61. The van der Waals surface area contributed by atoms with Crippen molar-refractivity contribution in [3.63, 3.8) is 0 Å². The van der Waals surface area contributed by atoms with Gasteiger partial charge in [-0.2, -0.15) is 5.26 Å². The minimum absolute atomic E-state index is 0.201. The van der Waals surface area contributed by atoms with Gasteiger partial charge in [0.2, 0.25) is 5.88 Å². The van der Waals surface area contributed by atoms with Crippen LogP contribution in [0.15, 0.2) is 35.1 Å². The molecule has 7 heteroatoms. The number of hydrogen-bond donors (Lipinski definition) is 1. The second kappa shape index (κ2) is 5.65. The molecule has 0 saturated heterocycles. The Kier molecular flexibility index (Phi) is 3.78. The Bertz CT molecular complexity index is 882. The molecule has 0 fully saturated rings. The van der Waals surface area contributed by atoms with Crippen LogP contribution in [0.3, 0.4) is 0 Å². The third-order valence-electron chi connectivity index (χ3n) is 4.00. The highest BCUT2D eigenvalue weighted by Gasteiger charge is 2.44. The van der Waals surface area contributed by atoms with E-state index in [2.05, 4.69) is 11.2 Å². The summed E-state index contributed by atoms with van der Waals surface area (Å²) in [5, 5.41) is 23.8. The number of nitrogens with zero attached hydrogens (tertiary/aromatic N) is 3. The third kappa shape index (κ3) is 2.72. The smallest absolute Gasteiger partial charge is 0.266 e. The molecule has 24 heavy (non-hydrogen) atoms. The highest BCUT2D eigenvalue weighted by Crippen LogP contribution is 2.42. The van der Waals surface area contributed by atoms with Crippen molar-refractivity contribution in [3.8, 4) is 17.7 Å². The number of benzene rings is 1. The predicted octanol–water partition coefficient (Wildman–Crippen LogP) is 1.30. The summed E-state index contributed by atoms with van der Waals surface area (Å²) in [6, 6.07) is 9.81. The second-order valence-corrected chi connectivity index (χ2v) is 6.19. The average molecular weight is 327 g/mol. The van der Waals surface area contributed by atoms with E-state index in [9.17, 15) is 9.90 Å². The summed E-state index contributed by atoms with van der Waals surface area (Å²) < 4.78 is 12.8. The van der Waals surface area contributed by atoms with Crippen LogP contribution in [-0.4, -0.2) is 26.6 Å². The van der Waals surface area contributed by atoms with Gasteiger partial charge in [-0.15, -0.1) is 5.10 Å². The van der Waals surface area contributed by atoms with Crippen molar-refractivity contribution in [3.05, 3.63) is 51.8 Å². The number of nitriles is 1. The molecular weight excluding hydrogens is 310 g/mol. The van der Waals surface area contributed by atoms with E-state index in [1.165, 1.54) is 19.2 Å². The zero-order valence-electron chi connectivity index (χ0n) is 13.6. The Morgan fingerprint density at radius 1 is 1.38 bits per heavy atom. The number of hydrogen-bond acceptors (Lipinski definition) is 6. The van der Waals surface area contributed by atoms with Crippen molar-refractivity contribution in [2.45, 2.75) is 31.7 Å². The molecule has 1 N–H and O–H groups in total. The summed E-state index contributed by atoms with van der Waals surface area (Å²) in [7, 11) is 1.52. The third-order valence-corrected chi connectivity index (χ3v) is 4.00. The van der Waals surface area contributed by atoms with Gasteiger partial charge in [-0.3, -0.25) is 4.79 Å². The molecule has 1 aliphatic heterocycles. The molecule has 1 aromatic heterocycles. The lowest BCUT2D eigenvalue weighted by Crippen LogP contribution is -2.50. The van der Waals surface area contributed by atoms with E-state index in [0.717, 1.165) is 4.68 Å². The maximum Gasteiger partial charge on any atom is 0.266 e. The quantitative estimate of drug-likeness (QED) is 0.893. The zero-order chi connectivity index (χ0) is 17.5. The van der Waals surface area contributed by atoms with Crippen LogP contribution in [0.5, 0.6) is 11.6 Å². The lowest BCUT2D eigenvalue weighted by atomic mass is 9.88. The summed E-state index contributed by atoms with van der Waals surface area (Å²) in [6.45, 7) is 3.51. The van der Waals surface area contributed by atoms with E-state index in [-0.39, 0.29) is 11.4 Å². The largest absolute Gasteiger partial charge is 0.485 e. The SMILES string of the molecule is Cn1nc(O[C@H]2c3cc(C#N)ccc3OC(C)(C)[C@@H]2O)ccc1=O. The van der Waals surface area contributed by atoms with Crippen LogP contribution in [0, 0.1) is 11.3 Å². The van der Waals surface area contributed by atoms with Gasteiger partial charge < -0.3 is 14.6 Å². The maximum absolute atomic E-state index is 11.5. The molecule has 7 nitrogen and oxygen atoms in total. The molecule has 2 aromatic rings. The number of fused-ring (bicyclic) bond motifs is 1. The van der Waals surface area contributed by atoms with Crippen molar-refractivity contribution in [2.24, 2.45) is 7.05 Å². The Morgan fingerprint density at radius 2 is 2.12 bits per heavy atom. The molecule has 0 radical (unpaired) electrons. The molecule has 1 aliphatic rings. The van der Waals surface area contributed by atoms with Crippen LogP contribution >= 0.6 is 0 Å². The zero-order valence-corrected chi connectivity index (χ0v) is 13.6. The summed E-state index contributed by atoms with van der Waals surface area (Å²) in [4.78, 5) is 11.5. The first-order valence-electron chi connectivity index (χ1n) is 7.44. The molecule has 0 amide bonds. The van der Waals surface area contributed by atoms with Crippen molar-refractivity contribution in [2.75, 3.05) is 0 Å². The van der Waals surface area contributed by atoms with E-state index in [0.29, 0.717) is 16.9 Å². The molecule has 0 saturated carbocycles. The van der Waals surface area contributed by atoms with Crippen LogP contribution in [0.4, 0.5) is 0 Å². The number of ether oxygens (including phenoxy) is 2. The molecule has 1 aromatic carbocycles. The topological polar surface area (TPSA) is 97.4 Å². The Morgan fingerprint density at radius 3 is 2.79 bits per heavy atom. The summed E-state index contributed by atoms with van der Waals surface area (Å²) in [5.41, 5.74) is -0.142. The Hall–Kier alpha value is -2.85. The van der Waals surface area contributed by atoms with Gasteiger partial charge in [0, 0.05) is 24.7 Å². The van der Waals surface area contributed by atoms with E-state index in [4.69, 9.17) is 14.7 Å². The maximum atomic E-state index is 11.5. The van der Waals surface area contributed by atoms with Crippen molar-refractivity contribution in [1.29, 1.82) is 5.26 Å². The number of aliphatic hydroxyl groups is 1. The summed E-state index contributed by atoms with van der Waals surface area (Å²) in [6.07, 6.45) is -1.76. The minimum Gasteiger partial charge on any atom is -0.485 e. The molecule has 3 rings (SSSR count). The van der Waals surface area contributed by atoms with E-state index < -0.39 is 17.8 Å². The standard InChI is InChI=1S/C17H17N3O4/c1-17(2)16(22)15(23-13-6-7-14(21)20(3)19-13)11-8-10(9-18)4-5-12(11)24-17/h4-8,15-16,22H,1-3H3/t15-,16+/m0/s1. The highest BCUT2D eigenvalue weighted by atomic mass is 16.5. The first kappa shape index (κ1) is 16.0. The number of aliphatic hydroxyl groups excluding tert-OH is 1. The van der Waals surface area contributed by atoms with Gasteiger partial charge in [-0.1, -0.05) is 0 Å². The molecule has 124 valence electrons. The van der Waals surface area contributed by atoms with Crippen LogP contribution in [0.2, 0.25) is 0 Å². The van der Waals surface area contributed by atoms with Gasteiger partial charge in [-0.25, -0.2) is 4.68 Å². The van der Waals surface area contributed by atoms with Crippen LogP contribution in [0.25, 0.3) is 0 Å². The molecule has 2 atom stereocenters. The molecule has 0 spiro atoms. The molecule has 0 bridgehead atoms.